The van der Waals surface area contributed by atoms with E-state index in [4.69, 9.17) is 27.9 Å². The molecule has 22 heavy (non-hydrogen) atoms. The second kappa shape index (κ2) is 7.86. The molecule has 0 saturated heterocycles. The first-order valence-electron chi connectivity index (χ1n) is 6.58. The highest BCUT2D eigenvalue weighted by Crippen LogP contribution is 2.26. The van der Waals surface area contributed by atoms with Crippen molar-refractivity contribution in [3.05, 3.63) is 62.5 Å². The first-order chi connectivity index (χ1) is 10.5. The number of rotatable bonds is 5. The standard InChI is InChI=1S/C16H14BrCl2NO2/c1-10(14-7-4-12(18)8-15(14)19)20-16(21)9-22-13-5-2-11(17)3-6-13/h2-8,10H,9H2,1H3,(H,20,21)/t10-/m0/s1. The van der Waals surface area contributed by atoms with Crippen molar-refractivity contribution in [2.24, 2.45) is 0 Å². The molecule has 0 aromatic heterocycles. The molecule has 6 heteroatoms. The summed E-state index contributed by atoms with van der Waals surface area (Å²) in [5.74, 6) is 0.414. The van der Waals surface area contributed by atoms with Gasteiger partial charge in [0.25, 0.3) is 5.91 Å². The van der Waals surface area contributed by atoms with Crippen molar-refractivity contribution in [3.63, 3.8) is 0 Å². The number of benzene rings is 2. The monoisotopic (exact) mass is 401 g/mol. The Labute approximate surface area is 147 Å². The van der Waals surface area contributed by atoms with Crippen molar-refractivity contribution in [3.8, 4) is 5.75 Å². The summed E-state index contributed by atoms with van der Waals surface area (Å²) in [5, 5.41) is 3.92. The average Bonchev–Trinajstić information content (AvgIpc) is 2.46. The second-order valence-corrected chi connectivity index (χ2v) is 6.46. The zero-order chi connectivity index (χ0) is 16.1. The quantitative estimate of drug-likeness (QED) is 0.762. The molecule has 0 fully saturated rings. The van der Waals surface area contributed by atoms with Gasteiger partial charge in [-0.05, 0) is 48.9 Å². The third-order valence-electron chi connectivity index (χ3n) is 2.99. The summed E-state index contributed by atoms with van der Waals surface area (Å²) in [4.78, 5) is 11.9. The SMILES string of the molecule is C[C@H](NC(=O)COc1ccc(Br)cc1)c1ccc(Cl)cc1Cl. The van der Waals surface area contributed by atoms with Crippen LogP contribution in [0.15, 0.2) is 46.9 Å². The van der Waals surface area contributed by atoms with Crippen LogP contribution in [0.3, 0.4) is 0 Å². The van der Waals surface area contributed by atoms with Gasteiger partial charge in [-0.25, -0.2) is 0 Å². The third kappa shape index (κ3) is 4.90. The minimum absolute atomic E-state index is 0.0584. The lowest BCUT2D eigenvalue weighted by molar-refractivity contribution is -0.123. The molecule has 116 valence electrons. The Bertz CT molecular complexity index is 662. The van der Waals surface area contributed by atoms with Crippen molar-refractivity contribution in [1.29, 1.82) is 0 Å². The summed E-state index contributed by atoms with van der Waals surface area (Å²) in [7, 11) is 0. The molecule has 1 N–H and O–H groups in total. The fourth-order valence-corrected chi connectivity index (χ4v) is 2.73. The van der Waals surface area contributed by atoms with Gasteiger partial charge < -0.3 is 10.1 Å². The van der Waals surface area contributed by atoms with Crippen LogP contribution in [0.2, 0.25) is 10.0 Å². The minimum atomic E-state index is -0.231. The molecule has 2 rings (SSSR count). The maximum Gasteiger partial charge on any atom is 0.258 e. The Morgan fingerprint density at radius 2 is 1.91 bits per heavy atom. The topological polar surface area (TPSA) is 38.3 Å². The van der Waals surface area contributed by atoms with Gasteiger partial charge in [-0.3, -0.25) is 4.79 Å². The lowest BCUT2D eigenvalue weighted by Crippen LogP contribution is -2.31. The first kappa shape index (κ1) is 17.1. The summed E-state index contributed by atoms with van der Waals surface area (Å²) >= 11 is 15.3. The van der Waals surface area contributed by atoms with Crippen molar-refractivity contribution in [2.75, 3.05) is 6.61 Å². The zero-order valence-electron chi connectivity index (χ0n) is 11.8. The van der Waals surface area contributed by atoms with Crippen LogP contribution in [0.4, 0.5) is 0 Å². The molecular formula is C16H14BrCl2NO2. The van der Waals surface area contributed by atoms with E-state index in [9.17, 15) is 4.79 Å². The molecule has 2 aromatic rings. The second-order valence-electron chi connectivity index (χ2n) is 4.70. The van der Waals surface area contributed by atoms with E-state index in [0.29, 0.717) is 15.8 Å². The number of amides is 1. The minimum Gasteiger partial charge on any atom is -0.484 e. The van der Waals surface area contributed by atoms with E-state index in [0.717, 1.165) is 10.0 Å². The van der Waals surface area contributed by atoms with E-state index in [1.165, 1.54) is 0 Å². The molecule has 0 unspecified atom stereocenters. The molecular weight excluding hydrogens is 389 g/mol. The molecule has 0 aliphatic heterocycles. The Balaban J connectivity index is 1.89. The van der Waals surface area contributed by atoms with Gasteiger partial charge in [0, 0.05) is 14.5 Å². The fourth-order valence-electron chi connectivity index (χ4n) is 1.89. The van der Waals surface area contributed by atoms with Gasteiger partial charge in [-0.2, -0.15) is 0 Å². The summed E-state index contributed by atoms with van der Waals surface area (Å²) in [6, 6.07) is 12.2. The zero-order valence-corrected chi connectivity index (χ0v) is 14.9. The van der Waals surface area contributed by atoms with E-state index in [2.05, 4.69) is 21.2 Å². The highest BCUT2D eigenvalue weighted by molar-refractivity contribution is 9.10. The van der Waals surface area contributed by atoms with E-state index >= 15 is 0 Å². The number of hydrogen-bond donors (Lipinski definition) is 1. The summed E-state index contributed by atoms with van der Waals surface area (Å²) in [6.45, 7) is 1.80. The molecule has 0 saturated carbocycles. The normalized spacial score (nSPS) is 11.8. The van der Waals surface area contributed by atoms with E-state index in [-0.39, 0.29) is 18.6 Å². The Morgan fingerprint density at radius 3 is 2.55 bits per heavy atom. The summed E-state index contributed by atoms with van der Waals surface area (Å²) < 4.78 is 6.38. The summed E-state index contributed by atoms with van der Waals surface area (Å²) in [5.41, 5.74) is 0.808. The van der Waals surface area contributed by atoms with Crippen LogP contribution < -0.4 is 10.1 Å². The highest BCUT2D eigenvalue weighted by Gasteiger charge is 2.13. The number of carbonyl (C=O) groups is 1. The number of hydrogen-bond acceptors (Lipinski definition) is 2. The van der Waals surface area contributed by atoms with Crippen LogP contribution in [-0.2, 0) is 4.79 Å². The van der Waals surface area contributed by atoms with Gasteiger partial charge in [0.05, 0.1) is 6.04 Å². The van der Waals surface area contributed by atoms with Gasteiger partial charge in [0.15, 0.2) is 6.61 Å². The van der Waals surface area contributed by atoms with Crippen molar-refractivity contribution in [1.82, 2.24) is 5.32 Å². The maximum atomic E-state index is 11.9. The Kier molecular flexibility index (Phi) is 6.12. The Morgan fingerprint density at radius 1 is 1.23 bits per heavy atom. The molecule has 0 bridgehead atoms. The Hall–Kier alpha value is -1.23. The van der Waals surface area contributed by atoms with Crippen LogP contribution in [-0.4, -0.2) is 12.5 Å². The van der Waals surface area contributed by atoms with E-state index in [1.807, 2.05) is 19.1 Å². The molecule has 0 aliphatic carbocycles. The van der Waals surface area contributed by atoms with Crippen molar-refractivity contribution >= 4 is 45.0 Å². The molecule has 1 amide bonds. The lowest BCUT2D eigenvalue weighted by atomic mass is 10.1. The number of carbonyl (C=O) groups excluding carboxylic acids is 1. The van der Waals surface area contributed by atoms with Crippen LogP contribution in [0.1, 0.15) is 18.5 Å². The maximum absolute atomic E-state index is 11.9. The van der Waals surface area contributed by atoms with E-state index < -0.39 is 0 Å². The number of nitrogens with one attached hydrogen (secondary N) is 1. The molecule has 2 aromatic carbocycles. The fraction of sp³-hybridized carbons (Fsp3) is 0.188. The highest BCUT2D eigenvalue weighted by atomic mass is 79.9. The molecule has 0 aliphatic rings. The van der Waals surface area contributed by atoms with Crippen LogP contribution in [0, 0.1) is 0 Å². The largest absolute Gasteiger partial charge is 0.484 e. The number of halogens is 3. The molecule has 1 atom stereocenters. The van der Waals surface area contributed by atoms with Gasteiger partial charge >= 0.3 is 0 Å². The van der Waals surface area contributed by atoms with Gasteiger partial charge in [-0.15, -0.1) is 0 Å². The van der Waals surface area contributed by atoms with Gasteiger partial charge in [0.1, 0.15) is 5.75 Å². The predicted octanol–water partition coefficient (Wildman–Crippen LogP) is 5.01. The molecule has 3 nitrogen and oxygen atoms in total. The molecule has 0 spiro atoms. The lowest BCUT2D eigenvalue weighted by Gasteiger charge is -2.16. The first-order valence-corrected chi connectivity index (χ1v) is 8.13. The van der Waals surface area contributed by atoms with Crippen LogP contribution in [0.25, 0.3) is 0 Å². The average molecular weight is 403 g/mol. The van der Waals surface area contributed by atoms with Crippen LogP contribution >= 0.6 is 39.1 Å². The molecule has 0 heterocycles. The smallest absolute Gasteiger partial charge is 0.258 e. The van der Waals surface area contributed by atoms with Gasteiger partial charge in [0.2, 0.25) is 0 Å². The van der Waals surface area contributed by atoms with E-state index in [1.54, 1.807) is 30.3 Å². The predicted molar refractivity (Wildman–Crippen MR) is 92.7 cm³/mol. The number of ether oxygens (including phenoxy) is 1. The third-order valence-corrected chi connectivity index (χ3v) is 4.08. The van der Waals surface area contributed by atoms with Crippen LogP contribution in [0.5, 0.6) is 5.75 Å². The van der Waals surface area contributed by atoms with Gasteiger partial charge in [-0.1, -0.05) is 45.2 Å². The van der Waals surface area contributed by atoms with Crippen molar-refractivity contribution < 1.29 is 9.53 Å². The molecule has 0 radical (unpaired) electrons. The summed E-state index contributed by atoms with van der Waals surface area (Å²) in [6.07, 6.45) is 0. The van der Waals surface area contributed by atoms with Crippen molar-refractivity contribution in [2.45, 2.75) is 13.0 Å².